The number of rotatable bonds is 2. The molecule has 0 saturated heterocycles. The van der Waals surface area contributed by atoms with E-state index < -0.39 is 0 Å². The Labute approximate surface area is 159 Å². The van der Waals surface area contributed by atoms with E-state index in [4.69, 9.17) is 4.98 Å². The molecule has 4 rings (SSSR count). The third-order valence-electron chi connectivity index (χ3n) is 5.06. The number of amides is 1. The van der Waals surface area contributed by atoms with Gasteiger partial charge in [-0.2, -0.15) is 5.10 Å². The third kappa shape index (κ3) is 3.79. The van der Waals surface area contributed by atoms with Gasteiger partial charge in [0.1, 0.15) is 5.52 Å². The number of anilines is 1. The fourth-order valence-electron chi connectivity index (χ4n) is 3.72. The Morgan fingerprint density at radius 2 is 2.07 bits per heavy atom. The summed E-state index contributed by atoms with van der Waals surface area (Å²) in [5, 5.41) is 12.1. The van der Waals surface area contributed by atoms with Crippen molar-refractivity contribution >= 4 is 22.6 Å². The van der Waals surface area contributed by atoms with E-state index in [1.54, 1.807) is 0 Å². The molecule has 3 aromatic rings. The summed E-state index contributed by atoms with van der Waals surface area (Å²) in [7, 11) is 0. The van der Waals surface area contributed by atoms with E-state index in [0.29, 0.717) is 0 Å². The summed E-state index contributed by atoms with van der Waals surface area (Å²) in [6, 6.07) is 12.2. The van der Waals surface area contributed by atoms with Crippen LogP contribution in [-0.4, -0.2) is 27.2 Å². The molecule has 1 aliphatic rings. The van der Waals surface area contributed by atoms with Gasteiger partial charge in [-0.3, -0.25) is 9.48 Å². The number of benzene rings is 1. The zero-order valence-corrected chi connectivity index (χ0v) is 15.6. The molecule has 0 aliphatic carbocycles. The second-order valence-corrected chi connectivity index (χ2v) is 6.99. The van der Waals surface area contributed by atoms with Gasteiger partial charge in [0.05, 0.1) is 24.4 Å². The molecule has 2 bridgehead atoms. The van der Waals surface area contributed by atoms with Crippen LogP contribution in [0.1, 0.15) is 43.5 Å². The van der Waals surface area contributed by atoms with Gasteiger partial charge in [-0.15, -0.1) is 0 Å². The minimum absolute atomic E-state index is 0.00473. The molecule has 2 aromatic heterocycles. The highest BCUT2D eigenvalue weighted by molar-refractivity contribution is 5.90. The lowest BCUT2D eigenvalue weighted by Crippen LogP contribution is -2.30. The third-order valence-corrected chi connectivity index (χ3v) is 5.06. The quantitative estimate of drug-likeness (QED) is 0.731. The Kier molecular flexibility index (Phi) is 5.05. The summed E-state index contributed by atoms with van der Waals surface area (Å²) in [4.78, 5) is 17.4. The van der Waals surface area contributed by atoms with E-state index in [2.05, 4.69) is 34.8 Å². The molecular formula is C21H25N5O. The SMILES string of the molecule is CCn1ncc2cc3nc(c21)NCCCCC(c1ccccc1)NC(=O)C3. The molecule has 3 heterocycles. The molecule has 0 fully saturated rings. The summed E-state index contributed by atoms with van der Waals surface area (Å²) >= 11 is 0. The number of aromatic nitrogens is 3. The summed E-state index contributed by atoms with van der Waals surface area (Å²) in [5.41, 5.74) is 2.94. The molecule has 6 nitrogen and oxygen atoms in total. The van der Waals surface area contributed by atoms with Crippen molar-refractivity contribution in [1.82, 2.24) is 20.1 Å². The topological polar surface area (TPSA) is 71.8 Å². The van der Waals surface area contributed by atoms with E-state index in [-0.39, 0.29) is 18.4 Å². The van der Waals surface area contributed by atoms with Gasteiger partial charge in [0.2, 0.25) is 5.91 Å². The Morgan fingerprint density at radius 3 is 2.89 bits per heavy atom. The molecule has 6 heteroatoms. The predicted octanol–water partition coefficient (Wildman–Crippen LogP) is 3.45. The lowest BCUT2D eigenvalue weighted by atomic mass is 10.0. The number of hydrogen-bond donors (Lipinski definition) is 2. The zero-order chi connectivity index (χ0) is 18.6. The Bertz CT molecular complexity index is 934. The van der Waals surface area contributed by atoms with Gasteiger partial charge in [0, 0.05) is 18.5 Å². The molecule has 0 radical (unpaired) electrons. The summed E-state index contributed by atoms with van der Waals surface area (Å²) in [5.74, 6) is 0.833. The molecule has 0 saturated carbocycles. The van der Waals surface area contributed by atoms with Crippen LogP contribution in [0.3, 0.4) is 0 Å². The number of carbonyl (C=O) groups is 1. The lowest BCUT2D eigenvalue weighted by Gasteiger charge is -2.20. The van der Waals surface area contributed by atoms with Gasteiger partial charge >= 0.3 is 0 Å². The highest BCUT2D eigenvalue weighted by atomic mass is 16.1. The number of aryl methyl sites for hydroxylation is 1. The van der Waals surface area contributed by atoms with Crippen LogP contribution in [0.25, 0.3) is 10.9 Å². The van der Waals surface area contributed by atoms with Gasteiger partial charge in [-0.05, 0) is 37.8 Å². The van der Waals surface area contributed by atoms with Crippen LogP contribution in [0.15, 0.2) is 42.6 Å². The predicted molar refractivity (Wildman–Crippen MR) is 107 cm³/mol. The van der Waals surface area contributed by atoms with Crippen molar-refractivity contribution < 1.29 is 4.79 Å². The molecule has 0 spiro atoms. The number of pyridine rings is 1. The molecule has 27 heavy (non-hydrogen) atoms. The van der Waals surface area contributed by atoms with E-state index in [1.165, 1.54) is 0 Å². The van der Waals surface area contributed by atoms with E-state index >= 15 is 0 Å². The number of carbonyl (C=O) groups excluding carboxylic acids is 1. The average molecular weight is 363 g/mol. The first-order valence-corrected chi connectivity index (χ1v) is 9.68. The zero-order valence-electron chi connectivity index (χ0n) is 15.6. The second kappa shape index (κ2) is 7.78. The molecule has 1 aromatic carbocycles. The molecule has 1 atom stereocenters. The van der Waals surface area contributed by atoms with Crippen molar-refractivity contribution in [2.75, 3.05) is 11.9 Å². The molecule has 1 amide bonds. The fraction of sp³-hybridized carbons (Fsp3) is 0.381. The van der Waals surface area contributed by atoms with Crippen molar-refractivity contribution in [2.45, 2.75) is 45.2 Å². The first-order valence-electron chi connectivity index (χ1n) is 9.68. The molecule has 140 valence electrons. The smallest absolute Gasteiger partial charge is 0.226 e. The summed E-state index contributed by atoms with van der Waals surface area (Å²) in [6.45, 7) is 3.72. The monoisotopic (exact) mass is 363 g/mol. The highest BCUT2D eigenvalue weighted by Gasteiger charge is 2.18. The van der Waals surface area contributed by atoms with Crippen molar-refractivity contribution in [3.63, 3.8) is 0 Å². The Morgan fingerprint density at radius 1 is 1.22 bits per heavy atom. The van der Waals surface area contributed by atoms with Crippen molar-refractivity contribution in [2.24, 2.45) is 0 Å². The van der Waals surface area contributed by atoms with Crippen LogP contribution in [0.2, 0.25) is 0 Å². The standard InChI is InChI=1S/C21H25N5O/c1-2-26-20-16(14-23-26)12-17-13-19(27)25-18(15-8-4-3-5-9-15)10-6-7-11-22-21(20)24-17/h3-5,8-9,12,14,18H,2,6-7,10-11,13H2,1H3,(H,22,24)(H,25,27). The number of nitrogens with zero attached hydrogens (tertiary/aromatic N) is 3. The lowest BCUT2D eigenvalue weighted by molar-refractivity contribution is -0.121. The van der Waals surface area contributed by atoms with E-state index in [9.17, 15) is 4.79 Å². The van der Waals surface area contributed by atoms with Crippen molar-refractivity contribution in [1.29, 1.82) is 0 Å². The minimum Gasteiger partial charge on any atom is -0.368 e. The normalized spacial score (nSPS) is 18.3. The van der Waals surface area contributed by atoms with Gasteiger partial charge in [0.25, 0.3) is 0 Å². The van der Waals surface area contributed by atoms with Crippen molar-refractivity contribution in [3.8, 4) is 0 Å². The number of fused-ring (bicyclic) bond motifs is 4. The second-order valence-electron chi connectivity index (χ2n) is 6.99. The largest absolute Gasteiger partial charge is 0.368 e. The van der Waals surface area contributed by atoms with Gasteiger partial charge in [0.15, 0.2) is 5.82 Å². The highest BCUT2D eigenvalue weighted by Crippen LogP contribution is 2.25. The first kappa shape index (κ1) is 17.5. The fourth-order valence-corrected chi connectivity index (χ4v) is 3.72. The molecule has 1 unspecified atom stereocenters. The van der Waals surface area contributed by atoms with Crippen LogP contribution in [0.5, 0.6) is 0 Å². The van der Waals surface area contributed by atoms with Crippen LogP contribution in [-0.2, 0) is 17.8 Å². The van der Waals surface area contributed by atoms with Crippen LogP contribution in [0.4, 0.5) is 5.82 Å². The van der Waals surface area contributed by atoms with Gasteiger partial charge < -0.3 is 10.6 Å². The molecule has 1 aliphatic heterocycles. The van der Waals surface area contributed by atoms with Crippen LogP contribution in [0, 0.1) is 0 Å². The Hall–Kier alpha value is -2.89. The van der Waals surface area contributed by atoms with Gasteiger partial charge in [-0.25, -0.2) is 4.98 Å². The summed E-state index contributed by atoms with van der Waals surface area (Å²) in [6.07, 6.45) is 5.10. The van der Waals surface area contributed by atoms with Crippen molar-refractivity contribution in [3.05, 3.63) is 53.9 Å². The van der Waals surface area contributed by atoms with E-state index in [1.807, 2.05) is 35.1 Å². The maximum Gasteiger partial charge on any atom is 0.226 e. The maximum absolute atomic E-state index is 12.7. The van der Waals surface area contributed by atoms with E-state index in [0.717, 1.165) is 60.3 Å². The average Bonchev–Trinajstić information content (AvgIpc) is 3.09. The van der Waals surface area contributed by atoms with Gasteiger partial charge in [-0.1, -0.05) is 30.3 Å². The van der Waals surface area contributed by atoms with Crippen LogP contribution >= 0.6 is 0 Å². The maximum atomic E-state index is 12.7. The Balaban J connectivity index is 1.65. The first-order chi connectivity index (χ1) is 13.2. The van der Waals surface area contributed by atoms with Crippen LogP contribution < -0.4 is 10.6 Å². The summed E-state index contributed by atoms with van der Waals surface area (Å²) < 4.78 is 1.95. The number of hydrogen-bond acceptors (Lipinski definition) is 4. The molecule has 2 N–H and O–H groups in total. The minimum atomic E-state index is 0.00473. The number of nitrogens with one attached hydrogen (secondary N) is 2. The molecular weight excluding hydrogens is 338 g/mol.